The molecule has 3 heterocycles. The fourth-order valence-corrected chi connectivity index (χ4v) is 6.39. The van der Waals surface area contributed by atoms with Crippen LogP contribution in [0.1, 0.15) is 30.0 Å². The van der Waals surface area contributed by atoms with Gasteiger partial charge >= 0.3 is 18.4 Å². The van der Waals surface area contributed by atoms with Crippen LogP contribution in [-0.2, 0) is 22.4 Å². The van der Waals surface area contributed by atoms with E-state index in [1.54, 1.807) is 0 Å². The van der Waals surface area contributed by atoms with Crippen molar-refractivity contribution in [1.29, 1.82) is 0 Å². The second-order valence-electron chi connectivity index (χ2n) is 9.54. The van der Waals surface area contributed by atoms with E-state index >= 15 is 0 Å². The molecule has 4 aromatic rings. The highest BCUT2D eigenvalue weighted by Crippen LogP contribution is 2.36. The molecule has 0 saturated heterocycles. The van der Waals surface area contributed by atoms with Gasteiger partial charge in [0.15, 0.2) is 17.1 Å². The zero-order valence-corrected chi connectivity index (χ0v) is 23.4. The summed E-state index contributed by atoms with van der Waals surface area (Å²) < 4.78 is 113. The zero-order chi connectivity index (χ0) is 31.3. The van der Waals surface area contributed by atoms with Crippen molar-refractivity contribution in [2.75, 3.05) is 11.9 Å². The van der Waals surface area contributed by atoms with E-state index in [-0.39, 0.29) is 21.2 Å². The highest BCUT2D eigenvalue weighted by Gasteiger charge is 2.36. The molecule has 18 heteroatoms. The molecule has 0 aliphatic heterocycles. The minimum atomic E-state index is -4.97. The van der Waals surface area contributed by atoms with Crippen LogP contribution in [0, 0.1) is 6.92 Å². The van der Waals surface area contributed by atoms with E-state index < -0.39 is 63.3 Å². The summed E-state index contributed by atoms with van der Waals surface area (Å²) >= 11 is 0.805. The van der Waals surface area contributed by atoms with Crippen molar-refractivity contribution in [3.8, 4) is 17.0 Å². The van der Waals surface area contributed by atoms with Gasteiger partial charge in [-0.1, -0.05) is 12.1 Å². The molecule has 0 radical (unpaired) electrons. The summed E-state index contributed by atoms with van der Waals surface area (Å²) in [5, 5.41) is 15.3. The number of aryl methyl sites for hydroxylation is 1. The Morgan fingerprint density at radius 1 is 1.07 bits per heavy atom. The van der Waals surface area contributed by atoms with Crippen LogP contribution < -0.4 is 14.8 Å². The Morgan fingerprint density at radius 2 is 1.71 bits per heavy atom. The first-order valence-corrected chi connectivity index (χ1v) is 14.0. The predicted molar refractivity (Wildman–Crippen MR) is 139 cm³/mol. The third-order valence-corrected chi connectivity index (χ3v) is 8.87. The van der Waals surface area contributed by atoms with Crippen LogP contribution in [0.2, 0.25) is 0 Å². The molecule has 0 saturated carbocycles. The monoisotopic (exact) mass is 637 g/mol. The number of nitrogens with one attached hydrogen (secondary N) is 2. The second-order valence-corrected chi connectivity index (χ2v) is 12.7. The molecule has 0 aliphatic rings. The first-order valence-electron chi connectivity index (χ1n) is 11.7. The van der Waals surface area contributed by atoms with Gasteiger partial charge in [-0.25, -0.2) is 27.4 Å². The second kappa shape index (κ2) is 10.8. The average molecular weight is 638 g/mol. The first kappa shape index (κ1) is 31.2. The average Bonchev–Trinajstić information content (AvgIpc) is 3.45. The third kappa shape index (κ3) is 6.66. The van der Waals surface area contributed by atoms with Crippen molar-refractivity contribution in [2.24, 2.45) is 0 Å². The number of rotatable bonds is 7. The van der Waals surface area contributed by atoms with Gasteiger partial charge in [-0.3, -0.25) is 5.32 Å². The molecule has 10 nitrogen and oxygen atoms in total. The number of ether oxygens (including phenoxy) is 1. The lowest BCUT2D eigenvalue weighted by atomic mass is 10.1. The molecule has 4 rings (SSSR count). The molecule has 1 amide bonds. The van der Waals surface area contributed by atoms with E-state index in [0.29, 0.717) is 27.6 Å². The number of carbonyl (C=O) groups excluding carboxylic acids is 1. The Morgan fingerprint density at radius 3 is 2.29 bits per heavy atom. The Kier molecular flexibility index (Phi) is 8.04. The standard InChI is InChI=1S/C24H21F6N5O5S2/c1-12-15(9-19(41-12)42(38,39)34-22(2,3)11-36)33-21(37)40-17-10-31-35-18(24(28,29)30)8-16(32-20(17)35)13-4-6-14(7-5-13)23(25,26)27/h4-10,34,36H,11H2,1-3H3,(H,33,37). The number of sulfonamides is 1. The summed E-state index contributed by atoms with van der Waals surface area (Å²) in [7, 11) is -4.08. The van der Waals surface area contributed by atoms with E-state index in [4.69, 9.17) is 4.74 Å². The van der Waals surface area contributed by atoms with Crippen molar-refractivity contribution >= 4 is 38.8 Å². The van der Waals surface area contributed by atoms with Crippen LogP contribution in [0.15, 0.2) is 46.8 Å². The topological polar surface area (TPSA) is 135 Å². The van der Waals surface area contributed by atoms with E-state index in [1.807, 2.05) is 0 Å². The fourth-order valence-electron chi connectivity index (χ4n) is 3.59. The normalized spacial score (nSPS) is 13.0. The summed E-state index contributed by atoms with van der Waals surface area (Å²) in [6.07, 6.45) is -10.0. The van der Waals surface area contributed by atoms with Crippen LogP contribution in [0.5, 0.6) is 5.75 Å². The quantitative estimate of drug-likeness (QED) is 0.229. The Bertz CT molecular complexity index is 1750. The molecule has 3 N–H and O–H groups in total. The van der Waals surface area contributed by atoms with Crippen molar-refractivity contribution in [1.82, 2.24) is 19.3 Å². The van der Waals surface area contributed by atoms with E-state index in [0.717, 1.165) is 35.7 Å². The van der Waals surface area contributed by atoms with Crippen LogP contribution in [-0.4, -0.2) is 46.4 Å². The van der Waals surface area contributed by atoms with Gasteiger partial charge in [0.05, 0.1) is 35.3 Å². The van der Waals surface area contributed by atoms with Gasteiger partial charge < -0.3 is 9.84 Å². The molecule has 0 unspecified atom stereocenters. The number of fused-ring (bicyclic) bond motifs is 1. The molecule has 3 aromatic heterocycles. The van der Waals surface area contributed by atoms with Gasteiger partial charge in [-0.05, 0) is 45.0 Å². The summed E-state index contributed by atoms with van der Waals surface area (Å²) in [4.78, 5) is 17.0. The number of amides is 1. The van der Waals surface area contributed by atoms with Gasteiger partial charge in [0.25, 0.3) is 10.0 Å². The van der Waals surface area contributed by atoms with Crippen molar-refractivity contribution < 1.29 is 49.4 Å². The molecule has 0 fully saturated rings. The lowest BCUT2D eigenvalue weighted by Gasteiger charge is -2.22. The number of benzene rings is 1. The number of aliphatic hydroxyl groups excluding tert-OH is 1. The largest absolute Gasteiger partial charge is 0.433 e. The molecular formula is C24H21F6N5O5S2. The molecule has 0 spiro atoms. The minimum absolute atomic E-state index is 0.0260. The molecule has 1 aromatic carbocycles. The van der Waals surface area contributed by atoms with Crippen LogP contribution in [0.25, 0.3) is 16.9 Å². The Labute approximate surface area is 238 Å². The molecule has 0 aliphatic carbocycles. The molecule has 226 valence electrons. The van der Waals surface area contributed by atoms with Gasteiger partial charge in [-0.15, -0.1) is 11.3 Å². The number of hydrogen-bond donors (Lipinski definition) is 3. The highest BCUT2D eigenvalue weighted by atomic mass is 32.2. The van der Waals surface area contributed by atoms with Crippen molar-refractivity contribution in [3.63, 3.8) is 0 Å². The number of thiophene rings is 1. The van der Waals surface area contributed by atoms with Gasteiger partial charge in [0, 0.05) is 10.4 Å². The number of hydrogen-bond acceptors (Lipinski definition) is 8. The highest BCUT2D eigenvalue weighted by molar-refractivity contribution is 7.91. The lowest BCUT2D eigenvalue weighted by molar-refractivity contribution is -0.142. The summed E-state index contributed by atoms with van der Waals surface area (Å²) in [6.45, 7) is 3.93. The minimum Gasteiger partial charge on any atom is -0.404 e. The van der Waals surface area contributed by atoms with E-state index in [1.165, 1.54) is 20.8 Å². The van der Waals surface area contributed by atoms with Crippen molar-refractivity contribution in [2.45, 2.75) is 42.9 Å². The van der Waals surface area contributed by atoms with Crippen LogP contribution >= 0.6 is 11.3 Å². The summed E-state index contributed by atoms with van der Waals surface area (Å²) in [5.41, 5.74) is -4.49. The smallest absolute Gasteiger partial charge is 0.404 e. The molecule has 42 heavy (non-hydrogen) atoms. The van der Waals surface area contributed by atoms with Gasteiger partial charge in [0.1, 0.15) is 4.21 Å². The summed E-state index contributed by atoms with van der Waals surface area (Å²) in [6, 6.07) is 5.01. The summed E-state index contributed by atoms with van der Waals surface area (Å²) in [5.74, 6) is -0.515. The van der Waals surface area contributed by atoms with E-state index in [9.17, 15) is 44.7 Å². The Balaban J connectivity index is 1.64. The fraction of sp³-hybridized carbons (Fsp3) is 0.292. The van der Waals surface area contributed by atoms with Gasteiger partial charge in [-0.2, -0.15) is 31.4 Å². The van der Waals surface area contributed by atoms with Gasteiger partial charge in [0.2, 0.25) is 0 Å². The maximum atomic E-state index is 13.8. The number of halogens is 6. The van der Waals surface area contributed by atoms with E-state index in [2.05, 4.69) is 20.1 Å². The van der Waals surface area contributed by atoms with Crippen molar-refractivity contribution in [3.05, 3.63) is 58.7 Å². The molecule has 0 atom stereocenters. The number of alkyl halides is 6. The SMILES string of the molecule is Cc1sc(S(=O)(=O)NC(C)(C)CO)cc1NC(=O)Oc1cnn2c(C(F)(F)F)cc(-c3ccc(C(F)(F)F)cc3)nc12. The lowest BCUT2D eigenvalue weighted by Crippen LogP contribution is -2.45. The number of aromatic nitrogens is 3. The maximum absolute atomic E-state index is 13.8. The molecular weight excluding hydrogens is 616 g/mol. The number of aliphatic hydroxyl groups is 1. The van der Waals surface area contributed by atoms with Crippen LogP contribution in [0.3, 0.4) is 0 Å². The van der Waals surface area contributed by atoms with Crippen LogP contribution in [0.4, 0.5) is 36.8 Å². The zero-order valence-electron chi connectivity index (χ0n) is 21.8. The maximum Gasteiger partial charge on any atom is 0.433 e. The third-order valence-electron chi connectivity index (χ3n) is 5.64. The predicted octanol–water partition coefficient (Wildman–Crippen LogP) is 5.46. The number of anilines is 1. The Hall–Kier alpha value is -3.74. The first-order chi connectivity index (χ1) is 19.3. The number of carbonyl (C=O) groups is 1. The number of nitrogens with zero attached hydrogens (tertiary/aromatic N) is 3. The molecule has 0 bridgehead atoms.